The van der Waals surface area contributed by atoms with Crippen LogP contribution in [0.3, 0.4) is 0 Å². The van der Waals surface area contributed by atoms with Crippen LogP contribution in [0, 0.1) is 17.8 Å². The third-order valence-electron chi connectivity index (χ3n) is 4.24. The minimum Gasteiger partial charge on any atom is -0.450 e. The van der Waals surface area contributed by atoms with Gasteiger partial charge < -0.3 is 15.0 Å². The average molecular weight is 282 g/mol. The molecule has 2 aliphatic rings. The van der Waals surface area contributed by atoms with Gasteiger partial charge in [0.05, 0.1) is 6.61 Å². The number of hydrogen-bond acceptors (Lipinski definition) is 3. The first-order valence-electron chi connectivity index (χ1n) is 8.23. The molecule has 0 radical (unpaired) electrons. The van der Waals surface area contributed by atoms with E-state index >= 15 is 0 Å². The van der Waals surface area contributed by atoms with Gasteiger partial charge in [0.2, 0.25) is 0 Å². The van der Waals surface area contributed by atoms with Crippen molar-refractivity contribution in [3.8, 4) is 0 Å². The molecule has 0 aromatic carbocycles. The second-order valence-electron chi connectivity index (χ2n) is 6.88. The highest BCUT2D eigenvalue weighted by molar-refractivity contribution is 5.67. The van der Waals surface area contributed by atoms with E-state index in [9.17, 15) is 4.79 Å². The van der Waals surface area contributed by atoms with Crippen LogP contribution in [0.25, 0.3) is 0 Å². The molecule has 1 amide bonds. The van der Waals surface area contributed by atoms with Crippen molar-refractivity contribution in [2.45, 2.75) is 52.5 Å². The molecule has 116 valence electrons. The van der Waals surface area contributed by atoms with E-state index in [1.165, 1.54) is 25.7 Å². The van der Waals surface area contributed by atoms with E-state index in [4.69, 9.17) is 4.74 Å². The van der Waals surface area contributed by atoms with Crippen molar-refractivity contribution in [1.29, 1.82) is 0 Å². The van der Waals surface area contributed by atoms with Gasteiger partial charge in [-0.05, 0) is 44.1 Å². The summed E-state index contributed by atoms with van der Waals surface area (Å²) < 4.78 is 5.18. The highest BCUT2D eigenvalue weighted by Gasteiger charge is 2.34. The number of likely N-dealkylation sites (tertiary alicyclic amines) is 1. The van der Waals surface area contributed by atoms with E-state index in [0.717, 1.165) is 25.6 Å². The standard InChI is InChI=1S/C16H30N2O2/c1-4-20-16(19)18-10-14(7-13-5-6-13)8-15(11-18)17-9-12(2)3/h12-15,17H,4-11H2,1-3H3. The Labute approximate surface area is 123 Å². The van der Waals surface area contributed by atoms with Crippen molar-refractivity contribution >= 4 is 6.09 Å². The van der Waals surface area contributed by atoms with Crippen molar-refractivity contribution in [2.75, 3.05) is 26.2 Å². The lowest BCUT2D eigenvalue weighted by atomic mass is 9.89. The van der Waals surface area contributed by atoms with Crippen molar-refractivity contribution in [1.82, 2.24) is 10.2 Å². The third kappa shape index (κ3) is 4.97. The number of piperidine rings is 1. The Morgan fingerprint density at radius 1 is 1.30 bits per heavy atom. The van der Waals surface area contributed by atoms with Crippen LogP contribution in [0.2, 0.25) is 0 Å². The quantitative estimate of drug-likeness (QED) is 0.814. The smallest absolute Gasteiger partial charge is 0.409 e. The van der Waals surface area contributed by atoms with Crippen molar-refractivity contribution < 1.29 is 9.53 Å². The number of carbonyl (C=O) groups excluding carboxylic acids is 1. The summed E-state index contributed by atoms with van der Waals surface area (Å²) in [5.41, 5.74) is 0. The number of hydrogen-bond donors (Lipinski definition) is 1. The minimum absolute atomic E-state index is 0.135. The summed E-state index contributed by atoms with van der Waals surface area (Å²) >= 11 is 0. The average Bonchev–Trinajstić information content (AvgIpc) is 3.20. The maximum absolute atomic E-state index is 12.0. The van der Waals surface area contributed by atoms with Gasteiger partial charge in [0.15, 0.2) is 0 Å². The number of carbonyl (C=O) groups is 1. The zero-order chi connectivity index (χ0) is 14.5. The van der Waals surface area contributed by atoms with Crippen LogP contribution in [-0.2, 0) is 4.74 Å². The second-order valence-corrected chi connectivity index (χ2v) is 6.88. The van der Waals surface area contributed by atoms with Gasteiger partial charge in [-0.3, -0.25) is 0 Å². The van der Waals surface area contributed by atoms with Crippen LogP contribution in [0.4, 0.5) is 4.79 Å². The molecule has 1 aliphatic carbocycles. The first-order chi connectivity index (χ1) is 9.58. The number of nitrogens with zero attached hydrogens (tertiary/aromatic N) is 1. The van der Waals surface area contributed by atoms with Gasteiger partial charge in [-0.15, -0.1) is 0 Å². The summed E-state index contributed by atoms with van der Waals surface area (Å²) in [4.78, 5) is 13.9. The van der Waals surface area contributed by atoms with Gasteiger partial charge in [0.1, 0.15) is 0 Å². The molecule has 0 aromatic heterocycles. The zero-order valence-corrected chi connectivity index (χ0v) is 13.2. The number of rotatable bonds is 6. The molecule has 2 rings (SSSR count). The highest BCUT2D eigenvalue weighted by Crippen LogP contribution is 2.37. The molecular formula is C16H30N2O2. The minimum atomic E-state index is -0.135. The molecule has 1 N–H and O–H groups in total. The Bertz CT molecular complexity index is 316. The van der Waals surface area contributed by atoms with Gasteiger partial charge in [0.25, 0.3) is 0 Å². The molecule has 4 nitrogen and oxygen atoms in total. The van der Waals surface area contributed by atoms with E-state index in [2.05, 4.69) is 19.2 Å². The molecule has 0 bridgehead atoms. The molecule has 0 aromatic rings. The molecule has 2 unspecified atom stereocenters. The predicted molar refractivity (Wildman–Crippen MR) is 80.7 cm³/mol. The molecule has 4 heteroatoms. The maximum atomic E-state index is 12.0. The summed E-state index contributed by atoms with van der Waals surface area (Å²) in [5.74, 6) is 2.22. The highest BCUT2D eigenvalue weighted by atomic mass is 16.6. The normalized spacial score (nSPS) is 26.9. The van der Waals surface area contributed by atoms with E-state index in [0.29, 0.717) is 24.5 Å². The van der Waals surface area contributed by atoms with Crippen molar-refractivity contribution in [2.24, 2.45) is 17.8 Å². The molecule has 1 heterocycles. The van der Waals surface area contributed by atoms with Crippen LogP contribution >= 0.6 is 0 Å². The predicted octanol–water partition coefficient (Wildman–Crippen LogP) is 2.88. The molecule has 2 fully saturated rings. The summed E-state index contributed by atoms with van der Waals surface area (Å²) in [6.07, 6.45) is 5.14. The lowest BCUT2D eigenvalue weighted by molar-refractivity contribution is 0.0760. The Morgan fingerprint density at radius 2 is 2.05 bits per heavy atom. The Morgan fingerprint density at radius 3 is 2.65 bits per heavy atom. The molecule has 1 saturated carbocycles. The van der Waals surface area contributed by atoms with Crippen LogP contribution in [0.5, 0.6) is 0 Å². The maximum Gasteiger partial charge on any atom is 0.409 e. The fourth-order valence-electron chi connectivity index (χ4n) is 3.11. The van der Waals surface area contributed by atoms with E-state index in [1.807, 2.05) is 11.8 Å². The van der Waals surface area contributed by atoms with Gasteiger partial charge >= 0.3 is 6.09 Å². The van der Waals surface area contributed by atoms with E-state index < -0.39 is 0 Å². The molecule has 1 aliphatic heterocycles. The molecule has 2 atom stereocenters. The molecular weight excluding hydrogens is 252 g/mol. The SMILES string of the molecule is CCOC(=O)N1CC(CC2CC2)CC(NCC(C)C)C1. The van der Waals surface area contributed by atoms with Gasteiger partial charge in [-0.2, -0.15) is 0 Å². The Hall–Kier alpha value is -0.770. The molecule has 20 heavy (non-hydrogen) atoms. The molecule has 0 spiro atoms. The van der Waals surface area contributed by atoms with Gasteiger partial charge in [0, 0.05) is 19.1 Å². The van der Waals surface area contributed by atoms with Gasteiger partial charge in [-0.1, -0.05) is 26.7 Å². The zero-order valence-electron chi connectivity index (χ0n) is 13.2. The monoisotopic (exact) mass is 282 g/mol. The Balaban J connectivity index is 1.88. The topological polar surface area (TPSA) is 41.6 Å². The summed E-state index contributed by atoms with van der Waals surface area (Å²) in [5, 5.41) is 3.62. The van der Waals surface area contributed by atoms with Crippen LogP contribution in [0.1, 0.15) is 46.5 Å². The Kier molecular flexibility index (Phi) is 5.70. The number of amides is 1. The summed E-state index contributed by atoms with van der Waals surface area (Å²) in [6, 6.07) is 0.430. The fourth-order valence-corrected chi connectivity index (χ4v) is 3.11. The number of nitrogens with one attached hydrogen (secondary N) is 1. The van der Waals surface area contributed by atoms with E-state index in [1.54, 1.807) is 0 Å². The first-order valence-corrected chi connectivity index (χ1v) is 8.23. The summed E-state index contributed by atoms with van der Waals surface area (Å²) in [6.45, 7) is 9.49. The van der Waals surface area contributed by atoms with Crippen molar-refractivity contribution in [3.05, 3.63) is 0 Å². The lowest BCUT2D eigenvalue weighted by Crippen LogP contribution is -2.52. The second kappa shape index (κ2) is 7.30. The van der Waals surface area contributed by atoms with Crippen LogP contribution in [-0.4, -0.2) is 43.3 Å². The van der Waals surface area contributed by atoms with Crippen molar-refractivity contribution in [3.63, 3.8) is 0 Å². The largest absolute Gasteiger partial charge is 0.450 e. The van der Waals surface area contributed by atoms with Crippen LogP contribution < -0.4 is 5.32 Å². The fraction of sp³-hybridized carbons (Fsp3) is 0.938. The van der Waals surface area contributed by atoms with Gasteiger partial charge in [-0.25, -0.2) is 4.79 Å². The van der Waals surface area contributed by atoms with Crippen LogP contribution in [0.15, 0.2) is 0 Å². The van der Waals surface area contributed by atoms with E-state index in [-0.39, 0.29) is 6.09 Å². The lowest BCUT2D eigenvalue weighted by Gasteiger charge is -2.38. The summed E-state index contributed by atoms with van der Waals surface area (Å²) in [7, 11) is 0. The third-order valence-corrected chi connectivity index (χ3v) is 4.24. The first kappa shape index (κ1) is 15.6. The molecule has 1 saturated heterocycles. The number of ether oxygens (including phenoxy) is 1.